The molecule has 9 nitrogen and oxygen atoms in total. The van der Waals surface area contributed by atoms with Gasteiger partial charge in [0, 0.05) is 11.9 Å². The Bertz CT molecular complexity index is 1040. The normalized spacial score (nSPS) is 10.7. The molecule has 0 spiro atoms. The molecule has 0 saturated carbocycles. The number of methoxy groups -OCH3 is 1. The Hall–Kier alpha value is -2.92. The minimum Gasteiger partial charge on any atom is -0.496 e. The fraction of sp³-hybridized carbons (Fsp3) is 0.316. The summed E-state index contributed by atoms with van der Waals surface area (Å²) >= 11 is 2.71. The maximum absolute atomic E-state index is 12.4. The van der Waals surface area contributed by atoms with Gasteiger partial charge in [0.05, 0.1) is 30.7 Å². The smallest absolute Gasteiger partial charge is 0.255 e. The second-order valence-electron chi connectivity index (χ2n) is 6.34. The first-order valence-corrected chi connectivity index (χ1v) is 10.9. The number of benzene rings is 1. The highest BCUT2D eigenvalue weighted by Crippen LogP contribution is 2.22. The average Bonchev–Trinajstić information content (AvgIpc) is 3.25. The third-order valence-corrected chi connectivity index (χ3v) is 6.30. The average molecular weight is 447 g/mol. The highest BCUT2D eigenvalue weighted by molar-refractivity contribution is 7.99. The number of nitrogens with zero attached hydrogens (tertiary/aromatic N) is 4. The van der Waals surface area contributed by atoms with Crippen LogP contribution in [0.1, 0.15) is 26.8 Å². The number of carbonyl (C=O) groups excluding carboxylic acids is 2. The molecular weight excluding hydrogens is 424 g/mol. The van der Waals surface area contributed by atoms with Crippen molar-refractivity contribution < 1.29 is 14.3 Å². The summed E-state index contributed by atoms with van der Waals surface area (Å²) in [5.74, 6) is 0.825. The molecule has 0 unspecified atom stereocenters. The summed E-state index contributed by atoms with van der Waals surface area (Å²) in [6.45, 7) is 4.07. The van der Waals surface area contributed by atoms with Crippen LogP contribution in [-0.4, -0.2) is 44.4 Å². The standard InChI is InChI=1S/C19H22N6O3S2/c1-11-12(2)30-18(21-11)22-16(26)10-29-19-24-23-15(25(19)3)9-20-17(27)13-7-5-6-8-14(13)28-4/h5-8H,9-10H2,1-4H3,(H,20,27)(H,21,22,26). The molecule has 0 aliphatic rings. The van der Waals surface area contributed by atoms with Crippen molar-refractivity contribution in [3.63, 3.8) is 0 Å². The lowest BCUT2D eigenvalue weighted by Gasteiger charge is -2.09. The highest BCUT2D eigenvalue weighted by Gasteiger charge is 2.15. The van der Waals surface area contributed by atoms with Gasteiger partial charge in [-0.15, -0.1) is 21.5 Å². The summed E-state index contributed by atoms with van der Waals surface area (Å²) in [5.41, 5.74) is 1.36. The van der Waals surface area contributed by atoms with E-state index in [2.05, 4.69) is 25.8 Å². The molecule has 158 valence electrons. The number of thiazole rings is 1. The highest BCUT2D eigenvalue weighted by atomic mass is 32.2. The molecule has 2 N–H and O–H groups in total. The molecule has 1 aromatic carbocycles. The first-order valence-electron chi connectivity index (χ1n) is 9.05. The lowest BCUT2D eigenvalue weighted by Crippen LogP contribution is -2.25. The van der Waals surface area contributed by atoms with E-state index in [1.165, 1.54) is 30.2 Å². The molecule has 0 fully saturated rings. The van der Waals surface area contributed by atoms with Crippen molar-refractivity contribution in [2.24, 2.45) is 7.05 Å². The number of nitrogens with one attached hydrogen (secondary N) is 2. The second kappa shape index (κ2) is 9.72. The van der Waals surface area contributed by atoms with Crippen LogP contribution in [0, 0.1) is 13.8 Å². The Morgan fingerprint density at radius 3 is 2.70 bits per heavy atom. The van der Waals surface area contributed by atoms with Crippen LogP contribution in [0.5, 0.6) is 5.75 Å². The SMILES string of the molecule is COc1ccccc1C(=O)NCc1nnc(SCC(=O)Nc2nc(C)c(C)s2)n1C. The zero-order valence-corrected chi connectivity index (χ0v) is 18.7. The molecular formula is C19H22N6O3S2. The maximum Gasteiger partial charge on any atom is 0.255 e. The van der Waals surface area contributed by atoms with Crippen LogP contribution >= 0.6 is 23.1 Å². The predicted octanol–water partition coefficient (Wildman–Crippen LogP) is 2.56. The van der Waals surface area contributed by atoms with Gasteiger partial charge in [-0.25, -0.2) is 4.98 Å². The van der Waals surface area contributed by atoms with E-state index >= 15 is 0 Å². The van der Waals surface area contributed by atoms with Gasteiger partial charge in [0.1, 0.15) is 5.75 Å². The molecule has 0 aliphatic carbocycles. The fourth-order valence-electron chi connectivity index (χ4n) is 2.52. The molecule has 3 rings (SSSR count). The third kappa shape index (κ3) is 5.16. The number of aromatic nitrogens is 4. The van der Waals surface area contributed by atoms with Crippen LogP contribution in [0.3, 0.4) is 0 Å². The molecule has 11 heteroatoms. The van der Waals surface area contributed by atoms with Crippen molar-refractivity contribution >= 4 is 40.0 Å². The van der Waals surface area contributed by atoms with E-state index in [0.717, 1.165) is 10.6 Å². The summed E-state index contributed by atoms with van der Waals surface area (Å²) in [7, 11) is 3.31. The van der Waals surface area contributed by atoms with Crippen LogP contribution < -0.4 is 15.4 Å². The number of anilines is 1. The second-order valence-corrected chi connectivity index (χ2v) is 8.48. The zero-order valence-electron chi connectivity index (χ0n) is 17.1. The largest absolute Gasteiger partial charge is 0.496 e. The number of ether oxygens (including phenoxy) is 1. The van der Waals surface area contributed by atoms with Gasteiger partial charge in [0.2, 0.25) is 5.91 Å². The third-order valence-electron chi connectivity index (χ3n) is 4.29. The summed E-state index contributed by atoms with van der Waals surface area (Å²) in [4.78, 5) is 30.0. The van der Waals surface area contributed by atoms with Gasteiger partial charge in [-0.2, -0.15) is 0 Å². The van der Waals surface area contributed by atoms with E-state index in [9.17, 15) is 9.59 Å². The van der Waals surface area contributed by atoms with Crippen LogP contribution in [0.2, 0.25) is 0 Å². The van der Waals surface area contributed by atoms with Crippen LogP contribution in [0.4, 0.5) is 5.13 Å². The van der Waals surface area contributed by atoms with Crippen LogP contribution in [-0.2, 0) is 18.4 Å². The molecule has 2 aromatic heterocycles. The van der Waals surface area contributed by atoms with E-state index in [1.54, 1.807) is 35.9 Å². The number of para-hydroxylation sites is 1. The topological polar surface area (TPSA) is 111 Å². The molecule has 0 saturated heterocycles. The Morgan fingerprint density at radius 1 is 1.23 bits per heavy atom. The van der Waals surface area contributed by atoms with Gasteiger partial charge in [0.15, 0.2) is 16.1 Å². The van der Waals surface area contributed by atoms with E-state index < -0.39 is 0 Å². The van der Waals surface area contributed by atoms with Crippen molar-refractivity contribution in [2.75, 3.05) is 18.2 Å². The minimum absolute atomic E-state index is 0.164. The quantitative estimate of drug-likeness (QED) is 0.512. The monoisotopic (exact) mass is 446 g/mol. The van der Waals surface area contributed by atoms with Gasteiger partial charge < -0.3 is 19.9 Å². The summed E-state index contributed by atoms with van der Waals surface area (Å²) in [6.07, 6.45) is 0. The predicted molar refractivity (Wildman–Crippen MR) is 116 cm³/mol. The zero-order chi connectivity index (χ0) is 21.7. The van der Waals surface area contributed by atoms with Crippen molar-refractivity contribution in [2.45, 2.75) is 25.5 Å². The van der Waals surface area contributed by atoms with Gasteiger partial charge in [-0.05, 0) is 26.0 Å². The van der Waals surface area contributed by atoms with E-state index in [-0.39, 0.29) is 24.1 Å². The molecule has 3 aromatic rings. The van der Waals surface area contributed by atoms with Crippen molar-refractivity contribution in [3.05, 3.63) is 46.2 Å². The lowest BCUT2D eigenvalue weighted by molar-refractivity contribution is -0.113. The Balaban J connectivity index is 1.54. The van der Waals surface area contributed by atoms with E-state index in [1.807, 2.05) is 13.8 Å². The van der Waals surface area contributed by atoms with Crippen molar-refractivity contribution in [1.29, 1.82) is 0 Å². The fourth-order valence-corrected chi connectivity index (χ4v) is 4.08. The first-order chi connectivity index (χ1) is 14.4. The van der Waals surface area contributed by atoms with E-state index in [0.29, 0.717) is 27.4 Å². The number of carbonyl (C=O) groups is 2. The summed E-state index contributed by atoms with van der Waals surface area (Å²) < 4.78 is 6.96. The van der Waals surface area contributed by atoms with Gasteiger partial charge in [-0.3, -0.25) is 9.59 Å². The number of amides is 2. The number of thioether (sulfide) groups is 1. The molecule has 30 heavy (non-hydrogen) atoms. The van der Waals surface area contributed by atoms with Crippen LogP contribution in [0.25, 0.3) is 0 Å². The molecule has 0 radical (unpaired) electrons. The summed E-state index contributed by atoms with van der Waals surface area (Å²) in [5, 5.41) is 15.0. The van der Waals surface area contributed by atoms with Gasteiger partial charge >= 0.3 is 0 Å². The van der Waals surface area contributed by atoms with Crippen molar-refractivity contribution in [3.8, 4) is 5.75 Å². The maximum atomic E-state index is 12.4. The Kier molecular flexibility index (Phi) is 7.06. The molecule has 0 atom stereocenters. The molecule has 2 amide bonds. The van der Waals surface area contributed by atoms with Crippen LogP contribution in [0.15, 0.2) is 29.4 Å². The van der Waals surface area contributed by atoms with Gasteiger partial charge in [0.25, 0.3) is 5.91 Å². The minimum atomic E-state index is -0.266. The summed E-state index contributed by atoms with van der Waals surface area (Å²) in [6, 6.07) is 6.99. The number of rotatable bonds is 8. The number of hydrogen-bond acceptors (Lipinski definition) is 8. The first kappa shape index (κ1) is 21.8. The number of aryl methyl sites for hydroxylation is 2. The molecule has 0 aliphatic heterocycles. The molecule has 2 heterocycles. The van der Waals surface area contributed by atoms with Crippen molar-refractivity contribution in [1.82, 2.24) is 25.1 Å². The lowest BCUT2D eigenvalue weighted by atomic mass is 10.2. The number of hydrogen-bond donors (Lipinski definition) is 2. The Labute approximate surface area is 182 Å². The van der Waals surface area contributed by atoms with Gasteiger partial charge in [-0.1, -0.05) is 23.9 Å². The van der Waals surface area contributed by atoms with E-state index in [4.69, 9.17) is 4.74 Å². The Morgan fingerprint density at radius 2 is 2.00 bits per heavy atom. The molecule has 0 bridgehead atoms.